The molecule has 0 radical (unpaired) electrons. The lowest BCUT2D eigenvalue weighted by molar-refractivity contribution is -0.123. The van der Waals surface area contributed by atoms with Gasteiger partial charge in [0.2, 0.25) is 5.91 Å². The minimum absolute atomic E-state index is 0.0747. The van der Waals surface area contributed by atoms with Crippen molar-refractivity contribution in [2.75, 3.05) is 0 Å². The Bertz CT molecular complexity index is 247. The number of amides is 1. The maximum Gasteiger partial charge on any atom is 0.237 e. The molecule has 1 rings (SSSR count). The summed E-state index contributed by atoms with van der Waals surface area (Å²) in [6.07, 6.45) is 7.12. The maximum atomic E-state index is 12.1. The molecule has 1 fully saturated rings. The fourth-order valence-corrected chi connectivity index (χ4v) is 2.36. The Morgan fingerprint density at radius 2 is 1.67 bits per heavy atom. The molecule has 1 aliphatic carbocycles. The number of hydrogen-bond donors (Lipinski definition) is 2. The van der Waals surface area contributed by atoms with Crippen LogP contribution in [0.4, 0.5) is 0 Å². The Morgan fingerprint density at radius 3 is 2.11 bits per heavy atom. The summed E-state index contributed by atoms with van der Waals surface area (Å²) in [5, 5.41) is 6.59. The number of carbonyl (C=O) groups is 1. The Balaban J connectivity index is 2.31. The molecule has 1 saturated carbocycles. The van der Waals surface area contributed by atoms with Crippen molar-refractivity contribution in [2.24, 2.45) is 5.92 Å². The smallest absolute Gasteiger partial charge is 0.237 e. The summed E-state index contributed by atoms with van der Waals surface area (Å²) >= 11 is 0. The van der Waals surface area contributed by atoms with Gasteiger partial charge >= 0.3 is 0 Å². The Hall–Kier alpha value is -0.570. The molecule has 2 atom stereocenters. The van der Waals surface area contributed by atoms with Gasteiger partial charge in [-0.2, -0.15) is 0 Å². The van der Waals surface area contributed by atoms with Crippen molar-refractivity contribution in [3.8, 4) is 0 Å². The summed E-state index contributed by atoms with van der Waals surface area (Å²) in [5.41, 5.74) is 0. The van der Waals surface area contributed by atoms with Crippen LogP contribution in [0.15, 0.2) is 0 Å². The van der Waals surface area contributed by atoms with E-state index in [1.54, 1.807) is 0 Å². The number of nitrogens with one attached hydrogen (secondary N) is 2. The van der Waals surface area contributed by atoms with Crippen LogP contribution < -0.4 is 10.6 Å². The third kappa shape index (κ3) is 5.38. The van der Waals surface area contributed by atoms with E-state index in [-0.39, 0.29) is 11.9 Å². The summed E-state index contributed by atoms with van der Waals surface area (Å²) in [4.78, 5) is 12.1. The molecule has 0 spiro atoms. The number of rotatable bonds is 9. The molecule has 0 saturated heterocycles. The zero-order valence-corrected chi connectivity index (χ0v) is 12.5. The molecular formula is C15H30N2O. The highest BCUT2D eigenvalue weighted by Gasteiger charge is 2.26. The zero-order valence-electron chi connectivity index (χ0n) is 12.5. The van der Waals surface area contributed by atoms with Crippen molar-refractivity contribution in [3.63, 3.8) is 0 Å². The van der Waals surface area contributed by atoms with Crippen LogP contribution >= 0.6 is 0 Å². The molecule has 3 heteroatoms. The largest absolute Gasteiger partial charge is 0.352 e. The van der Waals surface area contributed by atoms with Gasteiger partial charge in [0.1, 0.15) is 0 Å². The van der Waals surface area contributed by atoms with Crippen molar-refractivity contribution in [3.05, 3.63) is 0 Å². The maximum absolute atomic E-state index is 12.1. The van der Waals surface area contributed by atoms with E-state index in [1.165, 1.54) is 19.3 Å². The minimum Gasteiger partial charge on any atom is -0.352 e. The second kappa shape index (κ2) is 7.78. The van der Waals surface area contributed by atoms with Gasteiger partial charge < -0.3 is 10.6 Å². The van der Waals surface area contributed by atoms with E-state index in [9.17, 15) is 4.79 Å². The van der Waals surface area contributed by atoms with Crippen LogP contribution in [0.2, 0.25) is 0 Å². The van der Waals surface area contributed by atoms with Crippen molar-refractivity contribution in [1.29, 1.82) is 0 Å². The summed E-state index contributed by atoms with van der Waals surface area (Å²) in [7, 11) is 0. The van der Waals surface area contributed by atoms with Gasteiger partial charge in [-0.05, 0) is 38.5 Å². The Morgan fingerprint density at radius 1 is 1.11 bits per heavy atom. The van der Waals surface area contributed by atoms with Crippen molar-refractivity contribution < 1.29 is 4.79 Å². The minimum atomic E-state index is -0.0747. The van der Waals surface area contributed by atoms with E-state index in [1.807, 2.05) is 6.92 Å². The SMILES string of the molecule is CCC(CC)NC(=O)C(C)NC(CC)CC1CC1. The summed E-state index contributed by atoms with van der Waals surface area (Å²) in [6.45, 7) is 8.42. The van der Waals surface area contributed by atoms with Gasteiger partial charge in [0.25, 0.3) is 0 Å². The molecule has 0 aromatic heterocycles. The normalized spacial score (nSPS) is 18.7. The highest BCUT2D eigenvalue weighted by molar-refractivity contribution is 5.81. The van der Waals surface area contributed by atoms with Gasteiger partial charge in [-0.3, -0.25) is 4.79 Å². The third-order valence-electron chi connectivity index (χ3n) is 4.02. The summed E-state index contributed by atoms with van der Waals surface area (Å²) in [5.74, 6) is 1.06. The third-order valence-corrected chi connectivity index (χ3v) is 4.02. The second-order valence-corrected chi connectivity index (χ2v) is 5.69. The lowest BCUT2D eigenvalue weighted by Crippen LogP contribution is -2.49. The summed E-state index contributed by atoms with van der Waals surface area (Å²) in [6, 6.07) is 0.750. The van der Waals surface area contributed by atoms with E-state index < -0.39 is 0 Å². The summed E-state index contributed by atoms with van der Waals surface area (Å²) < 4.78 is 0. The van der Waals surface area contributed by atoms with E-state index in [2.05, 4.69) is 31.4 Å². The molecule has 1 amide bonds. The first-order valence-electron chi connectivity index (χ1n) is 7.67. The van der Waals surface area contributed by atoms with Gasteiger partial charge in [-0.15, -0.1) is 0 Å². The van der Waals surface area contributed by atoms with Gasteiger partial charge in [0.05, 0.1) is 6.04 Å². The van der Waals surface area contributed by atoms with Crippen molar-refractivity contribution in [2.45, 2.75) is 84.3 Å². The lowest BCUT2D eigenvalue weighted by Gasteiger charge is -2.24. The quantitative estimate of drug-likeness (QED) is 0.664. The number of hydrogen-bond acceptors (Lipinski definition) is 2. The van der Waals surface area contributed by atoms with Crippen LogP contribution in [0.5, 0.6) is 0 Å². The molecule has 0 aromatic carbocycles. The molecule has 106 valence electrons. The van der Waals surface area contributed by atoms with Crippen LogP contribution in [0.25, 0.3) is 0 Å². The Labute approximate surface area is 112 Å². The first kappa shape index (κ1) is 15.5. The average Bonchev–Trinajstić information content (AvgIpc) is 3.18. The van der Waals surface area contributed by atoms with Gasteiger partial charge in [0, 0.05) is 12.1 Å². The standard InChI is InChI=1S/C15H30N2O/c1-5-13(6-2)17-15(18)11(4)16-14(7-3)10-12-8-9-12/h11-14,16H,5-10H2,1-4H3,(H,17,18). The van der Waals surface area contributed by atoms with Crippen LogP contribution in [-0.2, 0) is 4.79 Å². The molecule has 2 unspecified atom stereocenters. The molecule has 1 aliphatic rings. The predicted molar refractivity (Wildman–Crippen MR) is 76.5 cm³/mol. The average molecular weight is 254 g/mol. The fourth-order valence-electron chi connectivity index (χ4n) is 2.36. The fraction of sp³-hybridized carbons (Fsp3) is 0.933. The first-order chi connectivity index (χ1) is 8.60. The van der Waals surface area contributed by atoms with Crippen LogP contribution in [-0.4, -0.2) is 24.0 Å². The molecular weight excluding hydrogens is 224 g/mol. The van der Waals surface area contributed by atoms with Crippen molar-refractivity contribution >= 4 is 5.91 Å². The molecule has 18 heavy (non-hydrogen) atoms. The van der Waals surface area contributed by atoms with Crippen molar-refractivity contribution in [1.82, 2.24) is 10.6 Å². The van der Waals surface area contributed by atoms with Gasteiger partial charge in [-0.1, -0.05) is 33.6 Å². The first-order valence-corrected chi connectivity index (χ1v) is 7.67. The number of carbonyl (C=O) groups excluding carboxylic acids is 1. The highest BCUT2D eigenvalue weighted by Crippen LogP contribution is 2.34. The van der Waals surface area contributed by atoms with E-state index >= 15 is 0 Å². The van der Waals surface area contributed by atoms with Gasteiger partial charge in [0.15, 0.2) is 0 Å². The Kier molecular flexibility index (Phi) is 6.69. The zero-order chi connectivity index (χ0) is 13.5. The van der Waals surface area contributed by atoms with E-state index in [0.29, 0.717) is 12.1 Å². The molecule has 2 N–H and O–H groups in total. The molecule has 0 bridgehead atoms. The van der Waals surface area contributed by atoms with Crippen LogP contribution in [0, 0.1) is 5.92 Å². The monoisotopic (exact) mass is 254 g/mol. The molecule has 0 aliphatic heterocycles. The van der Waals surface area contributed by atoms with E-state index in [0.717, 1.165) is 25.2 Å². The van der Waals surface area contributed by atoms with Gasteiger partial charge in [-0.25, -0.2) is 0 Å². The second-order valence-electron chi connectivity index (χ2n) is 5.69. The lowest BCUT2D eigenvalue weighted by atomic mass is 10.1. The van der Waals surface area contributed by atoms with E-state index in [4.69, 9.17) is 0 Å². The highest BCUT2D eigenvalue weighted by atomic mass is 16.2. The molecule has 3 nitrogen and oxygen atoms in total. The topological polar surface area (TPSA) is 41.1 Å². The van der Waals surface area contributed by atoms with Crippen LogP contribution in [0.3, 0.4) is 0 Å². The molecule has 0 aromatic rings. The molecule has 0 heterocycles. The predicted octanol–water partition coefficient (Wildman–Crippen LogP) is 2.85. The van der Waals surface area contributed by atoms with Crippen LogP contribution in [0.1, 0.15) is 66.2 Å².